The maximum atomic E-state index is 12.5. The van der Waals surface area contributed by atoms with Gasteiger partial charge in [0.25, 0.3) is 0 Å². The zero-order chi connectivity index (χ0) is 9.19. The van der Waals surface area contributed by atoms with Gasteiger partial charge in [0, 0.05) is 0 Å². The Labute approximate surface area is 79.3 Å². The fourth-order valence-corrected chi connectivity index (χ4v) is 2.91. The Kier molecular flexibility index (Phi) is 2.92. The molecular formula is C10H13FSe. The van der Waals surface area contributed by atoms with Crippen LogP contribution in [0.25, 0.3) is 0 Å². The van der Waals surface area contributed by atoms with Crippen molar-refractivity contribution in [2.24, 2.45) is 0 Å². The van der Waals surface area contributed by atoms with Crippen LogP contribution < -0.4 is 4.46 Å². The first kappa shape index (κ1) is 9.76. The van der Waals surface area contributed by atoms with E-state index < -0.39 is 0 Å². The molecule has 0 aliphatic rings. The third-order valence-electron chi connectivity index (χ3n) is 1.24. The molecule has 66 valence electrons. The first-order chi connectivity index (χ1) is 5.47. The molecule has 0 nitrogen and oxygen atoms in total. The summed E-state index contributed by atoms with van der Waals surface area (Å²) in [5.74, 6) is -0.150. The van der Waals surface area contributed by atoms with Crippen LogP contribution in [0, 0.1) is 5.82 Å². The SMILES string of the molecule is CC(C)(C)[Se]c1ccc(F)cc1. The topological polar surface area (TPSA) is 0 Å². The average Bonchev–Trinajstić information content (AvgIpc) is 1.91. The quantitative estimate of drug-likeness (QED) is 0.651. The minimum absolute atomic E-state index is 0.150. The van der Waals surface area contributed by atoms with Crippen molar-refractivity contribution >= 4 is 19.4 Å². The van der Waals surface area contributed by atoms with Crippen LogP contribution in [0.4, 0.5) is 4.39 Å². The van der Waals surface area contributed by atoms with Crippen LogP contribution in [0.3, 0.4) is 0 Å². The van der Waals surface area contributed by atoms with Gasteiger partial charge in [-0.05, 0) is 0 Å². The molecule has 0 heterocycles. The van der Waals surface area contributed by atoms with E-state index in [0.717, 1.165) is 0 Å². The first-order valence-corrected chi connectivity index (χ1v) is 5.63. The van der Waals surface area contributed by atoms with Crippen LogP contribution in [0.15, 0.2) is 24.3 Å². The predicted octanol–water partition coefficient (Wildman–Crippen LogP) is 2.37. The van der Waals surface area contributed by atoms with E-state index in [1.165, 1.54) is 16.6 Å². The summed E-state index contributed by atoms with van der Waals surface area (Å²) in [5, 5.41) is 0. The van der Waals surface area contributed by atoms with E-state index in [-0.39, 0.29) is 5.82 Å². The number of rotatable bonds is 1. The molecule has 0 aliphatic heterocycles. The summed E-state index contributed by atoms with van der Waals surface area (Å²) < 4.78 is 14.1. The van der Waals surface area contributed by atoms with Crippen LogP contribution in [0.2, 0.25) is 4.31 Å². The molecule has 0 unspecified atom stereocenters. The van der Waals surface area contributed by atoms with E-state index >= 15 is 0 Å². The number of hydrogen-bond donors (Lipinski definition) is 0. The molecule has 0 atom stereocenters. The molecule has 0 amide bonds. The summed E-state index contributed by atoms with van der Waals surface area (Å²) in [6.45, 7) is 6.61. The molecule has 0 spiro atoms. The van der Waals surface area contributed by atoms with Crippen molar-refractivity contribution in [3.8, 4) is 0 Å². The van der Waals surface area contributed by atoms with Gasteiger partial charge < -0.3 is 0 Å². The van der Waals surface area contributed by atoms with E-state index in [4.69, 9.17) is 0 Å². The standard InChI is InChI=1S/C10H13FSe/c1-10(2,3)12-9-6-4-8(11)5-7-9/h4-7H,1-3H3. The summed E-state index contributed by atoms with van der Waals surface area (Å²) in [7, 11) is 0. The average molecular weight is 231 g/mol. The van der Waals surface area contributed by atoms with Gasteiger partial charge in [-0.2, -0.15) is 0 Å². The summed E-state index contributed by atoms with van der Waals surface area (Å²) in [6.07, 6.45) is 0. The van der Waals surface area contributed by atoms with Gasteiger partial charge in [-0.1, -0.05) is 0 Å². The first-order valence-electron chi connectivity index (χ1n) is 3.92. The van der Waals surface area contributed by atoms with Gasteiger partial charge in [-0.15, -0.1) is 0 Å². The van der Waals surface area contributed by atoms with Gasteiger partial charge in [0.05, 0.1) is 0 Å². The minimum atomic E-state index is -0.150. The molecule has 2 heteroatoms. The molecule has 0 fully saturated rings. The van der Waals surface area contributed by atoms with Crippen LogP contribution in [-0.4, -0.2) is 15.0 Å². The Balaban J connectivity index is 2.71. The van der Waals surface area contributed by atoms with E-state index in [1.807, 2.05) is 12.1 Å². The third kappa shape index (κ3) is 3.38. The summed E-state index contributed by atoms with van der Waals surface area (Å²) in [6, 6.07) is 6.81. The molecule has 1 rings (SSSR count). The molecule has 1 aromatic rings. The Morgan fingerprint density at radius 3 is 2.00 bits per heavy atom. The molecule has 0 aromatic heterocycles. The van der Waals surface area contributed by atoms with Crippen molar-refractivity contribution in [2.75, 3.05) is 0 Å². The number of hydrogen-bond acceptors (Lipinski definition) is 0. The second kappa shape index (κ2) is 3.59. The normalized spacial score (nSPS) is 11.7. The second-order valence-corrected chi connectivity index (χ2v) is 7.66. The van der Waals surface area contributed by atoms with Gasteiger partial charge in [-0.25, -0.2) is 0 Å². The molecule has 1 aromatic carbocycles. The van der Waals surface area contributed by atoms with Crippen LogP contribution >= 0.6 is 0 Å². The van der Waals surface area contributed by atoms with Crippen molar-refractivity contribution in [3.63, 3.8) is 0 Å². The molecule has 0 N–H and O–H groups in total. The molecule has 0 bridgehead atoms. The molecule has 12 heavy (non-hydrogen) atoms. The zero-order valence-electron chi connectivity index (χ0n) is 7.60. The van der Waals surface area contributed by atoms with Crippen molar-refractivity contribution < 1.29 is 4.39 Å². The van der Waals surface area contributed by atoms with E-state index in [0.29, 0.717) is 19.3 Å². The molecule has 0 saturated carbocycles. The summed E-state index contributed by atoms with van der Waals surface area (Å²) in [4.78, 5) is 0. The van der Waals surface area contributed by atoms with Crippen LogP contribution in [0.5, 0.6) is 0 Å². The van der Waals surface area contributed by atoms with Crippen LogP contribution in [-0.2, 0) is 0 Å². The summed E-state index contributed by atoms with van der Waals surface area (Å²) in [5.41, 5.74) is 0. The van der Waals surface area contributed by atoms with Gasteiger partial charge in [0.1, 0.15) is 0 Å². The van der Waals surface area contributed by atoms with Gasteiger partial charge in [0.2, 0.25) is 0 Å². The molecule has 0 radical (unpaired) electrons. The summed E-state index contributed by atoms with van der Waals surface area (Å²) >= 11 is 0.431. The van der Waals surface area contributed by atoms with Gasteiger partial charge in [0.15, 0.2) is 0 Å². The predicted molar refractivity (Wildman–Crippen MR) is 51.5 cm³/mol. The van der Waals surface area contributed by atoms with Crippen LogP contribution in [0.1, 0.15) is 20.8 Å². The van der Waals surface area contributed by atoms with Gasteiger partial charge in [-0.3, -0.25) is 0 Å². The van der Waals surface area contributed by atoms with Crippen molar-refractivity contribution in [1.29, 1.82) is 0 Å². The maximum absolute atomic E-state index is 12.5. The monoisotopic (exact) mass is 232 g/mol. The Hall–Kier alpha value is -0.331. The second-order valence-electron chi connectivity index (χ2n) is 3.67. The molecule has 0 aliphatic carbocycles. The van der Waals surface area contributed by atoms with E-state index in [2.05, 4.69) is 20.8 Å². The number of benzene rings is 1. The fraction of sp³-hybridized carbons (Fsp3) is 0.400. The van der Waals surface area contributed by atoms with Crippen molar-refractivity contribution in [2.45, 2.75) is 25.1 Å². The van der Waals surface area contributed by atoms with Crippen molar-refractivity contribution in [3.05, 3.63) is 30.1 Å². The zero-order valence-corrected chi connectivity index (χ0v) is 9.31. The fourth-order valence-electron chi connectivity index (χ4n) is 0.856. The van der Waals surface area contributed by atoms with Crippen molar-refractivity contribution in [1.82, 2.24) is 0 Å². The Morgan fingerprint density at radius 2 is 1.58 bits per heavy atom. The van der Waals surface area contributed by atoms with Gasteiger partial charge >= 0.3 is 79.0 Å². The number of halogens is 1. The third-order valence-corrected chi connectivity index (χ3v) is 3.59. The molecule has 0 saturated heterocycles. The Morgan fingerprint density at radius 1 is 1.08 bits per heavy atom. The Bertz CT molecular complexity index is 246. The van der Waals surface area contributed by atoms with E-state index in [9.17, 15) is 4.39 Å². The van der Waals surface area contributed by atoms with E-state index in [1.54, 1.807) is 0 Å². The molecular weight excluding hydrogens is 218 g/mol.